The first-order valence-corrected chi connectivity index (χ1v) is 26.4. The van der Waals surface area contributed by atoms with Gasteiger partial charge in [0.2, 0.25) is 18.2 Å². The lowest BCUT2D eigenvalue weighted by atomic mass is 10.00. The number of fused-ring (bicyclic) bond motifs is 1. The number of anilines is 2. The molecule has 3 unspecified atom stereocenters. The molecule has 0 spiro atoms. The number of nitrogens with zero attached hydrogens (tertiary/aromatic N) is 9. The quantitative estimate of drug-likeness (QED) is 0.0689. The number of amides is 3. The molecule has 6 aromatic rings. The molecule has 15 nitrogen and oxygen atoms in total. The number of amidine groups is 2. The molecule has 2 fully saturated rings. The van der Waals surface area contributed by atoms with Gasteiger partial charge in [0.05, 0.1) is 46.6 Å². The molecular weight excluding hydrogens is 964 g/mol. The number of thiazole rings is 1. The Morgan fingerprint density at radius 3 is 2.14 bits per heavy atom. The molecule has 18 heteroatoms. The number of pyridine rings is 1. The number of thiophene rings is 1. The maximum absolute atomic E-state index is 12.4. The summed E-state index contributed by atoms with van der Waals surface area (Å²) in [4.78, 5) is 58.1. The first kappa shape index (κ1) is 53.2. The number of likely N-dealkylation sites (tertiary alicyclic amines) is 1. The Balaban J connectivity index is 0.000000159. The van der Waals surface area contributed by atoms with Crippen LogP contribution in [0.2, 0.25) is 5.02 Å². The number of nitrogens with one attached hydrogen (secondary N) is 3. The molecule has 3 amide bonds. The Hall–Kier alpha value is -6.56. The summed E-state index contributed by atoms with van der Waals surface area (Å²) in [6.07, 6.45) is 8.30. The number of piperazine rings is 1. The number of aliphatic imine (C=N–C) groups is 1. The third kappa shape index (κ3) is 12.4. The van der Waals surface area contributed by atoms with Crippen molar-refractivity contribution >= 4 is 80.7 Å². The normalized spacial score (nSPS) is 16.4. The molecule has 0 radical (unpaired) electrons. The molecule has 0 aliphatic carbocycles. The second-order valence-electron chi connectivity index (χ2n) is 18.7. The lowest BCUT2D eigenvalue weighted by molar-refractivity contribution is -0.131. The van der Waals surface area contributed by atoms with E-state index in [4.69, 9.17) is 22.4 Å². The minimum Gasteiger partial charge on any atom is -0.353 e. The van der Waals surface area contributed by atoms with Crippen molar-refractivity contribution in [3.05, 3.63) is 123 Å². The van der Waals surface area contributed by atoms with Crippen LogP contribution in [0, 0.1) is 37.5 Å². The average Bonchev–Trinajstić information content (AvgIpc) is 4.20. The van der Waals surface area contributed by atoms with E-state index in [0.717, 1.165) is 107 Å². The Morgan fingerprint density at radius 2 is 1.54 bits per heavy atom. The van der Waals surface area contributed by atoms with Crippen LogP contribution in [-0.4, -0.2) is 110 Å². The predicted octanol–water partition coefficient (Wildman–Crippen LogP) is 10.4. The molecule has 2 aromatic carbocycles. The summed E-state index contributed by atoms with van der Waals surface area (Å²) in [6.45, 7) is 22.1. The largest absolute Gasteiger partial charge is 0.353 e. The fourth-order valence-electron chi connectivity index (χ4n) is 8.77. The van der Waals surface area contributed by atoms with Crippen LogP contribution < -0.4 is 15.1 Å². The SMILES string of the molecule is CC(=N)N1C(=N)CN=C(c2ccc(Cl)cc2)c2c1sc(C)c2C.CC(=O)N1CCN(c2ccc(-c3cnn(C(C)C(C)C)c3)cn2)CC1.Cc1ncsc1-c1ccc(C(C)NC(=O)C2CCCN2C=O)cc1. The van der Waals surface area contributed by atoms with E-state index in [1.165, 1.54) is 9.75 Å². The molecule has 7 heterocycles. The Labute approximate surface area is 436 Å². The summed E-state index contributed by atoms with van der Waals surface area (Å²) in [7, 11) is 0. The monoisotopic (exact) mass is 1030 g/mol. The number of rotatable bonds is 10. The Bertz CT molecular complexity index is 2900. The third-order valence-corrected chi connectivity index (χ3v) is 16.0. The molecule has 0 saturated carbocycles. The molecule has 3 aliphatic heterocycles. The third-order valence-electron chi connectivity index (χ3n) is 13.5. The van der Waals surface area contributed by atoms with Crippen molar-refractivity contribution in [2.75, 3.05) is 49.1 Å². The Kier molecular flexibility index (Phi) is 17.6. The molecule has 3 N–H and O–H groups in total. The number of aryl methyl sites for hydroxylation is 2. The number of carbonyl (C=O) groups is 3. The maximum atomic E-state index is 12.4. The van der Waals surface area contributed by atoms with Crippen LogP contribution in [0.4, 0.5) is 10.8 Å². The van der Waals surface area contributed by atoms with Crippen molar-refractivity contribution in [3.63, 3.8) is 0 Å². The summed E-state index contributed by atoms with van der Waals surface area (Å²) in [5.74, 6) is 2.25. The van der Waals surface area contributed by atoms with E-state index < -0.39 is 0 Å². The average molecular weight is 1030 g/mol. The van der Waals surface area contributed by atoms with Gasteiger partial charge in [0.1, 0.15) is 28.5 Å². The number of halogens is 1. The number of aromatic nitrogens is 4. The predicted molar refractivity (Wildman–Crippen MR) is 293 cm³/mol. The van der Waals surface area contributed by atoms with Crippen LogP contribution in [0.5, 0.6) is 0 Å². The fraction of sp³-hybridized carbons (Fsp3) is 0.389. The van der Waals surface area contributed by atoms with Crippen molar-refractivity contribution < 1.29 is 14.4 Å². The standard InChI is InChI=1S/C19H27N5O.C18H21N3O2S.C17H17ClN4S/c1-14(2)15(3)24-13-18(12-21-24)17-5-6-19(20-11-17)23-9-7-22(8-10-23)16(4)25;1-12(20-18(23)16-4-3-9-21(16)11-22)14-5-7-15(8-6-14)17-13(2)19-10-24-17;1-9-10(2)23-17-15(9)16(12-4-6-13(18)7-5-12)21-8-14(20)22(17)11(3)19/h5-6,11-15H,7-10H2,1-4H3;5-8,10-12,16H,3-4,9H2,1-2H3,(H,20,23);4-7,19-20H,8H2,1-3H3. The highest BCUT2D eigenvalue weighted by Crippen LogP contribution is 2.39. The van der Waals surface area contributed by atoms with Gasteiger partial charge in [0.25, 0.3) is 0 Å². The molecular formula is C54H65ClN12O3S2. The van der Waals surface area contributed by atoms with Gasteiger partial charge < -0.3 is 20.0 Å². The number of hydrogen-bond donors (Lipinski definition) is 3. The van der Waals surface area contributed by atoms with Gasteiger partial charge >= 0.3 is 0 Å². The highest BCUT2D eigenvalue weighted by molar-refractivity contribution is 7.17. The van der Waals surface area contributed by atoms with Gasteiger partial charge in [-0.1, -0.05) is 61.8 Å². The highest BCUT2D eigenvalue weighted by Gasteiger charge is 2.31. The first-order valence-electron chi connectivity index (χ1n) is 24.3. The van der Waals surface area contributed by atoms with Crippen molar-refractivity contribution in [2.45, 2.75) is 93.3 Å². The number of carbonyl (C=O) groups excluding carboxylic acids is 3. The van der Waals surface area contributed by atoms with Crippen LogP contribution in [0.15, 0.2) is 89.8 Å². The van der Waals surface area contributed by atoms with Gasteiger partial charge in [-0.3, -0.25) is 39.8 Å². The van der Waals surface area contributed by atoms with E-state index in [9.17, 15) is 14.4 Å². The zero-order valence-corrected chi connectivity index (χ0v) is 45.0. The van der Waals surface area contributed by atoms with Gasteiger partial charge in [-0.2, -0.15) is 5.10 Å². The first-order chi connectivity index (χ1) is 34.4. The molecule has 3 atom stereocenters. The van der Waals surface area contributed by atoms with E-state index in [2.05, 4.69) is 95.4 Å². The van der Waals surface area contributed by atoms with E-state index in [-0.39, 0.29) is 30.4 Å². The molecule has 0 bridgehead atoms. The Morgan fingerprint density at radius 1 is 0.861 bits per heavy atom. The second-order valence-corrected chi connectivity index (χ2v) is 21.2. The fourth-order valence-corrected chi connectivity index (χ4v) is 10.9. The van der Waals surface area contributed by atoms with Crippen LogP contribution >= 0.6 is 34.3 Å². The smallest absolute Gasteiger partial charge is 0.243 e. The highest BCUT2D eigenvalue weighted by atomic mass is 35.5. The summed E-state index contributed by atoms with van der Waals surface area (Å²) in [5, 5.41) is 25.4. The summed E-state index contributed by atoms with van der Waals surface area (Å²) in [5.41, 5.74) is 11.3. The van der Waals surface area contributed by atoms with E-state index in [1.807, 2.05) is 77.7 Å². The lowest BCUT2D eigenvalue weighted by Gasteiger charge is -2.34. The van der Waals surface area contributed by atoms with Crippen LogP contribution in [0.25, 0.3) is 21.6 Å². The van der Waals surface area contributed by atoms with Crippen molar-refractivity contribution in [1.82, 2.24) is 34.9 Å². The summed E-state index contributed by atoms with van der Waals surface area (Å²) < 4.78 is 2.02. The number of benzene rings is 2. The molecule has 3 aliphatic rings. The van der Waals surface area contributed by atoms with Gasteiger partial charge in [0, 0.05) is 84.2 Å². The second kappa shape index (κ2) is 23.8. The lowest BCUT2D eigenvalue weighted by Crippen LogP contribution is -2.48. The van der Waals surface area contributed by atoms with Gasteiger partial charge in [-0.15, -0.1) is 22.7 Å². The molecule has 2 saturated heterocycles. The van der Waals surface area contributed by atoms with E-state index >= 15 is 0 Å². The van der Waals surface area contributed by atoms with E-state index in [0.29, 0.717) is 35.2 Å². The molecule has 9 rings (SSSR count). The minimum atomic E-state index is -0.330. The number of hydrogen-bond acceptors (Lipinski definition) is 12. The molecule has 72 heavy (non-hydrogen) atoms. The van der Waals surface area contributed by atoms with Crippen molar-refractivity contribution in [2.24, 2.45) is 10.9 Å². The molecule has 378 valence electrons. The van der Waals surface area contributed by atoms with Gasteiger partial charge in [-0.25, -0.2) is 9.97 Å². The van der Waals surface area contributed by atoms with Crippen molar-refractivity contribution in [1.29, 1.82) is 10.8 Å². The maximum Gasteiger partial charge on any atom is 0.243 e. The zero-order chi connectivity index (χ0) is 51.8. The van der Waals surface area contributed by atoms with Crippen LogP contribution in [-0.2, 0) is 14.4 Å². The molecule has 4 aromatic heterocycles. The summed E-state index contributed by atoms with van der Waals surface area (Å²) >= 11 is 9.23. The minimum absolute atomic E-state index is 0.0746. The zero-order valence-electron chi connectivity index (χ0n) is 42.6. The van der Waals surface area contributed by atoms with Crippen LogP contribution in [0.1, 0.15) is 99.3 Å². The van der Waals surface area contributed by atoms with Gasteiger partial charge in [-0.05, 0) is 101 Å². The van der Waals surface area contributed by atoms with Gasteiger partial charge in [0.15, 0.2) is 0 Å². The van der Waals surface area contributed by atoms with Crippen LogP contribution in [0.3, 0.4) is 0 Å². The van der Waals surface area contributed by atoms with Crippen molar-refractivity contribution in [3.8, 4) is 21.6 Å². The summed E-state index contributed by atoms with van der Waals surface area (Å²) in [6, 6.07) is 19.9. The topological polar surface area (TPSA) is 180 Å². The van der Waals surface area contributed by atoms with E-state index in [1.54, 1.807) is 46.3 Å².